The van der Waals surface area contributed by atoms with Crippen molar-refractivity contribution in [3.63, 3.8) is 0 Å². The van der Waals surface area contributed by atoms with Gasteiger partial charge in [-0.3, -0.25) is 4.79 Å². The molecular weight excluding hydrogens is 257 g/mol. The number of halogens is 1. The Balaban J connectivity index is 2.22. The zero-order chi connectivity index (χ0) is 14.8. The van der Waals surface area contributed by atoms with Crippen molar-refractivity contribution < 1.29 is 13.9 Å². The smallest absolute Gasteiger partial charge is 0.250 e. The molecule has 1 aliphatic rings. The van der Waals surface area contributed by atoms with Gasteiger partial charge in [0, 0.05) is 17.7 Å². The van der Waals surface area contributed by atoms with E-state index in [9.17, 15) is 9.18 Å². The molecule has 0 aliphatic carbocycles. The Morgan fingerprint density at radius 3 is 2.75 bits per heavy atom. The lowest BCUT2D eigenvalue weighted by atomic mass is 10.0. The van der Waals surface area contributed by atoms with Crippen LogP contribution in [0.4, 0.5) is 4.39 Å². The van der Waals surface area contributed by atoms with E-state index in [0.29, 0.717) is 30.9 Å². The third-order valence-electron chi connectivity index (χ3n) is 3.50. The summed E-state index contributed by atoms with van der Waals surface area (Å²) in [5, 5.41) is 0. The monoisotopic (exact) mass is 277 g/mol. The van der Waals surface area contributed by atoms with Crippen LogP contribution in [0.1, 0.15) is 26.3 Å². The van der Waals surface area contributed by atoms with Gasteiger partial charge in [0.25, 0.3) is 0 Å². The fourth-order valence-corrected chi connectivity index (χ4v) is 2.33. The van der Waals surface area contributed by atoms with Crippen LogP contribution in [0.15, 0.2) is 29.8 Å². The zero-order valence-corrected chi connectivity index (χ0v) is 12.1. The highest BCUT2D eigenvalue weighted by Crippen LogP contribution is 2.22. The molecule has 0 N–H and O–H groups in total. The van der Waals surface area contributed by atoms with Crippen molar-refractivity contribution in [3.8, 4) is 0 Å². The number of amides is 1. The third-order valence-corrected chi connectivity index (χ3v) is 3.50. The molecule has 4 heteroatoms. The molecular formula is C16H20FNO2. The number of benzene rings is 1. The molecule has 0 radical (unpaired) electrons. The molecule has 1 aromatic carbocycles. The van der Waals surface area contributed by atoms with Gasteiger partial charge in [0.2, 0.25) is 5.91 Å². The van der Waals surface area contributed by atoms with E-state index >= 15 is 0 Å². The molecule has 1 aliphatic heterocycles. The average molecular weight is 277 g/mol. The first kappa shape index (κ1) is 14.7. The van der Waals surface area contributed by atoms with Gasteiger partial charge in [-0.15, -0.1) is 0 Å². The fraction of sp³-hybridized carbons (Fsp3) is 0.438. The fourth-order valence-electron chi connectivity index (χ4n) is 2.33. The Hall–Kier alpha value is -1.68. The van der Waals surface area contributed by atoms with Gasteiger partial charge >= 0.3 is 0 Å². The van der Waals surface area contributed by atoms with Crippen molar-refractivity contribution in [2.45, 2.75) is 26.3 Å². The second kappa shape index (κ2) is 5.75. The van der Waals surface area contributed by atoms with Gasteiger partial charge in [0.05, 0.1) is 18.8 Å². The summed E-state index contributed by atoms with van der Waals surface area (Å²) in [6.45, 7) is 7.29. The standard InChI is InChI=1S/C16H20FNO2/c1-12(10-13-6-4-5-7-14(13)17)15(19)18-8-9-20-11-16(18,2)3/h4-7,10H,8-9,11H2,1-3H3/b12-10+. The quantitative estimate of drug-likeness (QED) is 0.778. The predicted octanol–water partition coefficient (Wildman–Crippen LogP) is 2.87. The lowest BCUT2D eigenvalue weighted by Gasteiger charge is -2.42. The second-order valence-electron chi connectivity index (χ2n) is 5.67. The predicted molar refractivity (Wildman–Crippen MR) is 76.7 cm³/mol. The van der Waals surface area contributed by atoms with Crippen LogP contribution >= 0.6 is 0 Å². The van der Waals surface area contributed by atoms with Gasteiger partial charge in [-0.25, -0.2) is 4.39 Å². The first-order valence-electron chi connectivity index (χ1n) is 6.74. The van der Waals surface area contributed by atoms with E-state index in [1.54, 1.807) is 36.1 Å². The highest BCUT2D eigenvalue weighted by Gasteiger charge is 2.34. The van der Waals surface area contributed by atoms with Gasteiger partial charge < -0.3 is 9.64 Å². The van der Waals surface area contributed by atoms with Crippen LogP contribution in [0.25, 0.3) is 6.08 Å². The first-order chi connectivity index (χ1) is 9.42. The summed E-state index contributed by atoms with van der Waals surface area (Å²) in [6.07, 6.45) is 1.60. The summed E-state index contributed by atoms with van der Waals surface area (Å²) >= 11 is 0. The number of carbonyl (C=O) groups is 1. The molecule has 3 nitrogen and oxygen atoms in total. The van der Waals surface area contributed by atoms with Crippen LogP contribution in [-0.2, 0) is 9.53 Å². The van der Waals surface area contributed by atoms with Crippen LogP contribution in [0, 0.1) is 5.82 Å². The number of hydrogen-bond acceptors (Lipinski definition) is 2. The van der Waals surface area contributed by atoms with Gasteiger partial charge in [-0.2, -0.15) is 0 Å². The minimum Gasteiger partial charge on any atom is -0.377 e. The molecule has 0 saturated carbocycles. The molecule has 20 heavy (non-hydrogen) atoms. The number of hydrogen-bond donors (Lipinski definition) is 0. The largest absolute Gasteiger partial charge is 0.377 e. The zero-order valence-electron chi connectivity index (χ0n) is 12.1. The van der Waals surface area contributed by atoms with Crippen molar-refractivity contribution in [1.29, 1.82) is 0 Å². The van der Waals surface area contributed by atoms with E-state index in [1.165, 1.54) is 6.07 Å². The molecule has 0 spiro atoms. The molecule has 0 bridgehead atoms. The minimum absolute atomic E-state index is 0.0680. The molecule has 1 fully saturated rings. The van der Waals surface area contributed by atoms with Gasteiger partial charge in [0.1, 0.15) is 5.82 Å². The van der Waals surface area contributed by atoms with Crippen molar-refractivity contribution in [1.82, 2.24) is 4.90 Å². The van der Waals surface area contributed by atoms with Crippen molar-refractivity contribution >= 4 is 12.0 Å². The second-order valence-corrected chi connectivity index (χ2v) is 5.67. The molecule has 1 heterocycles. The van der Waals surface area contributed by atoms with E-state index in [-0.39, 0.29) is 17.3 Å². The van der Waals surface area contributed by atoms with E-state index in [0.717, 1.165) is 0 Å². The number of nitrogens with zero attached hydrogens (tertiary/aromatic N) is 1. The summed E-state index contributed by atoms with van der Waals surface area (Å²) in [7, 11) is 0. The number of morpholine rings is 1. The van der Waals surface area contributed by atoms with E-state index in [2.05, 4.69) is 0 Å². The van der Waals surface area contributed by atoms with Crippen molar-refractivity contribution in [3.05, 3.63) is 41.2 Å². The van der Waals surface area contributed by atoms with Gasteiger partial charge in [-0.05, 0) is 32.9 Å². The Morgan fingerprint density at radius 2 is 2.10 bits per heavy atom. The van der Waals surface area contributed by atoms with Crippen LogP contribution in [0.2, 0.25) is 0 Å². The maximum atomic E-state index is 13.6. The molecule has 0 aromatic heterocycles. The minimum atomic E-state index is -0.334. The molecule has 1 saturated heterocycles. The van der Waals surface area contributed by atoms with E-state index in [4.69, 9.17) is 4.74 Å². The summed E-state index contributed by atoms with van der Waals surface area (Å²) in [5.41, 5.74) is 0.633. The highest BCUT2D eigenvalue weighted by molar-refractivity contribution is 5.97. The van der Waals surface area contributed by atoms with Crippen LogP contribution in [0.5, 0.6) is 0 Å². The lowest BCUT2D eigenvalue weighted by molar-refractivity contribution is -0.141. The topological polar surface area (TPSA) is 29.5 Å². The Morgan fingerprint density at radius 1 is 1.40 bits per heavy atom. The van der Waals surface area contributed by atoms with Crippen LogP contribution in [0.3, 0.4) is 0 Å². The molecule has 0 atom stereocenters. The third kappa shape index (κ3) is 3.07. The number of rotatable bonds is 2. The normalized spacial score (nSPS) is 19.0. The summed E-state index contributed by atoms with van der Waals surface area (Å²) in [6, 6.07) is 6.44. The van der Waals surface area contributed by atoms with Crippen LogP contribution in [-0.4, -0.2) is 36.1 Å². The summed E-state index contributed by atoms with van der Waals surface area (Å²) in [4.78, 5) is 14.3. The highest BCUT2D eigenvalue weighted by atomic mass is 19.1. The number of carbonyl (C=O) groups excluding carboxylic acids is 1. The molecule has 1 amide bonds. The Bertz CT molecular complexity index is 537. The van der Waals surface area contributed by atoms with E-state index in [1.807, 2.05) is 13.8 Å². The van der Waals surface area contributed by atoms with Crippen LogP contribution < -0.4 is 0 Å². The SMILES string of the molecule is C/C(=C\c1ccccc1F)C(=O)N1CCOCC1(C)C. The molecule has 108 valence electrons. The van der Waals surface area contributed by atoms with Gasteiger partial charge in [-0.1, -0.05) is 18.2 Å². The molecule has 1 aromatic rings. The summed E-state index contributed by atoms with van der Waals surface area (Å²) in [5.74, 6) is -0.387. The Kier molecular flexibility index (Phi) is 4.23. The maximum Gasteiger partial charge on any atom is 0.250 e. The maximum absolute atomic E-state index is 13.6. The molecule has 0 unspecified atom stereocenters. The first-order valence-corrected chi connectivity index (χ1v) is 6.74. The van der Waals surface area contributed by atoms with Crippen molar-refractivity contribution in [2.75, 3.05) is 19.8 Å². The Labute approximate surface area is 119 Å². The molecule has 2 rings (SSSR count). The lowest BCUT2D eigenvalue weighted by Crippen LogP contribution is -2.55. The van der Waals surface area contributed by atoms with Crippen molar-refractivity contribution in [2.24, 2.45) is 0 Å². The summed E-state index contributed by atoms with van der Waals surface area (Å²) < 4.78 is 19.0. The van der Waals surface area contributed by atoms with Gasteiger partial charge in [0.15, 0.2) is 0 Å². The average Bonchev–Trinajstić information content (AvgIpc) is 2.40. The number of ether oxygens (including phenoxy) is 1. The van der Waals surface area contributed by atoms with E-state index < -0.39 is 0 Å².